The van der Waals surface area contributed by atoms with E-state index in [-0.39, 0.29) is 6.10 Å². The lowest BCUT2D eigenvalue weighted by Gasteiger charge is -2.26. The summed E-state index contributed by atoms with van der Waals surface area (Å²) in [4.78, 5) is 1.40. The van der Waals surface area contributed by atoms with Gasteiger partial charge in [0, 0.05) is 28.9 Å². The molecule has 0 aliphatic carbocycles. The van der Waals surface area contributed by atoms with E-state index < -0.39 is 0 Å². The zero-order chi connectivity index (χ0) is 12.7. The normalized spacial score (nSPS) is 14.8. The van der Waals surface area contributed by atoms with Crippen molar-refractivity contribution in [1.29, 1.82) is 0 Å². The highest BCUT2D eigenvalue weighted by atomic mass is 79.9. The average molecular weight is 320 g/mol. The number of hydrogen-bond donors (Lipinski definition) is 1. The molecule has 1 aromatic rings. The maximum atomic E-state index is 5.57. The van der Waals surface area contributed by atoms with E-state index in [0.29, 0.717) is 6.04 Å². The van der Waals surface area contributed by atoms with Gasteiger partial charge in [-0.05, 0) is 46.8 Å². The highest BCUT2D eigenvalue weighted by molar-refractivity contribution is 9.10. The highest BCUT2D eigenvalue weighted by Gasteiger charge is 2.20. The van der Waals surface area contributed by atoms with Gasteiger partial charge in [-0.2, -0.15) is 0 Å². The number of thiophene rings is 1. The molecular weight excluding hydrogens is 298 g/mol. The van der Waals surface area contributed by atoms with E-state index >= 15 is 0 Å². The van der Waals surface area contributed by atoms with Gasteiger partial charge in [-0.15, -0.1) is 11.3 Å². The lowest BCUT2D eigenvalue weighted by atomic mass is 10.0. The Bertz CT molecular complexity index is 312. The molecule has 0 aromatic carbocycles. The Morgan fingerprint density at radius 3 is 2.71 bits per heavy atom. The quantitative estimate of drug-likeness (QED) is 0.786. The fourth-order valence-electron chi connectivity index (χ4n) is 1.95. The Morgan fingerprint density at radius 2 is 2.24 bits per heavy atom. The van der Waals surface area contributed by atoms with Crippen molar-refractivity contribution in [3.63, 3.8) is 0 Å². The third kappa shape index (κ3) is 4.70. The summed E-state index contributed by atoms with van der Waals surface area (Å²) >= 11 is 5.41. The van der Waals surface area contributed by atoms with Gasteiger partial charge in [-0.25, -0.2) is 0 Å². The van der Waals surface area contributed by atoms with Crippen molar-refractivity contribution < 1.29 is 4.74 Å². The standard InChI is InChI=1S/C13H22BrNOS/c1-4-7-15-11(12(5-2)16-3)9-13-10(14)6-8-17-13/h6,8,11-12,15H,4-5,7,9H2,1-3H3. The van der Waals surface area contributed by atoms with Crippen LogP contribution in [0, 0.1) is 0 Å². The van der Waals surface area contributed by atoms with Gasteiger partial charge in [0.1, 0.15) is 0 Å². The van der Waals surface area contributed by atoms with E-state index in [2.05, 4.69) is 46.5 Å². The minimum absolute atomic E-state index is 0.288. The third-order valence-corrected chi connectivity index (χ3v) is 4.86. The molecule has 0 aliphatic heterocycles. The van der Waals surface area contributed by atoms with Crippen LogP contribution in [0.5, 0.6) is 0 Å². The van der Waals surface area contributed by atoms with Crippen LogP contribution in [0.15, 0.2) is 15.9 Å². The SMILES string of the molecule is CCCNC(Cc1sccc1Br)C(CC)OC. The van der Waals surface area contributed by atoms with Gasteiger partial charge in [-0.1, -0.05) is 13.8 Å². The van der Waals surface area contributed by atoms with Crippen molar-refractivity contribution in [2.45, 2.75) is 45.3 Å². The molecule has 1 aromatic heterocycles. The molecule has 98 valence electrons. The van der Waals surface area contributed by atoms with Crippen molar-refractivity contribution in [2.24, 2.45) is 0 Å². The van der Waals surface area contributed by atoms with Gasteiger partial charge >= 0.3 is 0 Å². The van der Waals surface area contributed by atoms with Crippen LogP contribution in [0.4, 0.5) is 0 Å². The predicted molar refractivity (Wildman–Crippen MR) is 78.9 cm³/mol. The number of rotatable bonds is 8. The van der Waals surface area contributed by atoms with E-state index in [1.54, 1.807) is 7.11 Å². The van der Waals surface area contributed by atoms with Crippen LogP contribution >= 0.6 is 27.3 Å². The molecule has 1 N–H and O–H groups in total. The Balaban J connectivity index is 2.65. The number of ether oxygens (including phenoxy) is 1. The van der Waals surface area contributed by atoms with Crippen molar-refractivity contribution >= 4 is 27.3 Å². The first-order chi connectivity index (χ1) is 8.22. The van der Waals surface area contributed by atoms with Crippen molar-refractivity contribution in [3.05, 3.63) is 20.8 Å². The second-order valence-electron chi connectivity index (χ2n) is 4.14. The molecule has 0 spiro atoms. The molecule has 0 amide bonds. The lowest BCUT2D eigenvalue weighted by Crippen LogP contribution is -2.42. The Kier molecular flexibility index (Phi) is 7.35. The predicted octanol–water partition coefficient (Wildman–Crippen LogP) is 3.85. The number of nitrogens with one attached hydrogen (secondary N) is 1. The minimum atomic E-state index is 0.288. The molecule has 4 heteroatoms. The molecule has 0 radical (unpaired) electrons. The fourth-order valence-corrected chi connectivity index (χ4v) is 3.52. The Hall–Kier alpha value is 0.1000. The summed E-state index contributed by atoms with van der Waals surface area (Å²) in [5.74, 6) is 0. The summed E-state index contributed by atoms with van der Waals surface area (Å²) in [5, 5.41) is 5.73. The molecule has 1 heterocycles. The molecule has 2 nitrogen and oxygen atoms in total. The van der Waals surface area contributed by atoms with E-state index in [1.807, 2.05) is 11.3 Å². The second kappa shape index (κ2) is 8.25. The molecule has 1 rings (SSSR count). The zero-order valence-corrected chi connectivity index (χ0v) is 13.2. The third-order valence-electron chi connectivity index (χ3n) is 2.91. The van der Waals surface area contributed by atoms with Gasteiger partial charge < -0.3 is 10.1 Å². The second-order valence-corrected chi connectivity index (χ2v) is 5.99. The van der Waals surface area contributed by atoms with E-state index in [1.165, 1.54) is 9.35 Å². The lowest BCUT2D eigenvalue weighted by molar-refractivity contribution is 0.0655. The van der Waals surface area contributed by atoms with Gasteiger partial charge in [0.2, 0.25) is 0 Å². The zero-order valence-electron chi connectivity index (χ0n) is 10.8. The molecule has 0 bridgehead atoms. The van der Waals surface area contributed by atoms with Crippen LogP contribution in [0.25, 0.3) is 0 Å². The number of methoxy groups -OCH3 is 1. The molecule has 0 saturated carbocycles. The summed E-state index contributed by atoms with van der Waals surface area (Å²) < 4.78 is 6.79. The van der Waals surface area contributed by atoms with E-state index in [0.717, 1.165) is 25.8 Å². The molecule has 0 saturated heterocycles. The van der Waals surface area contributed by atoms with Crippen molar-refractivity contribution in [3.8, 4) is 0 Å². The first-order valence-electron chi connectivity index (χ1n) is 6.20. The van der Waals surface area contributed by atoms with Crippen LogP contribution in [0.1, 0.15) is 31.6 Å². The van der Waals surface area contributed by atoms with Crippen molar-refractivity contribution in [1.82, 2.24) is 5.32 Å². The average Bonchev–Trinajstić information content (AvgIpc) is 2.73. The van der Waals surface area contributed by atoms with E-state index in [4.69, 9.17) is 4.74 Å². The van der Waals surface area contributed by atoms with Crippen molar-refractivity contribution in [2.75, 3.05) is 13.7 Å². The minimum Gasteiger partial charge on any atom is -0.380 e. The van der Waals surface area contributed by atoms with Gasteiger partial charge in [0.05, 0.1) is 6.10 Å². The fraction of sp³-hybridized carbons (Fsp3) is 0.692. The molecular formula is C13H22BrNOS. The van der Waals surface area contributed by atoms with Crippen LogP contribution < -0.4 is 5.32 Å². The topological polar surface area (TPSA) is 21.3 Å². The van der Waals surface area contributed by atoms with Gasteiger partial charge in [-0.3, -0.25) is 0 Å². The van der Waals surface area contributed by atoms with E-state index in [9.17, 15) is 0 Å². The Morgan fingerprint density at radius 1 is 1.47 bits per heavy atom. The summed E-state index contributed by atoms with van der Waals surface area (Å²) in [7, 11) is 1.80. The van der Waals surface area contributed by atoms with Crippen LogP contribution in [0.3, 0.4) is 0 Å². The van der Waals surface area contributed by atoms with Crippen LogP contribution in [-0.2, 0) is 11.2 Å². The summed E-state index contributed by atoms with van der Waals surface area (Å²) in [6.45, 7) is 5.42. The maximum Gasteiger partial charge on any atom is 0.0725 e. The smallest absolute Gasteiger partial charge is 0.0725 e. The molecule has 2 atom stereocenters. The summed E-state index contributed by atoms with van der Waals surface area (Å²) in [5.41, 5.74) is 0. The number of halogens is 1. The maximum absolute atomic E-state index is 5.57. The molecule has 0 fully saturated rings. The molecule has 0 aliphatic rings. The first-order valence-corrected chi connectivity index (χ1v) is 7.88. The largest absolute Gasteiger partial charge is 0.380 e. The summed E-state index contributed by atoms with van der Waals surface area (Å²) in [6, 6.07) is 2.52. The Labute approximate surface area is 117 Å². The monoisotopic (exact) mass is 319 g/mol. The van der Waals surface area contributed by atoms with Gasteiger partial charge in [0.25, 0.3) is 0 Å². The van der Waals surface area contributed by atoms with Gasteiger partial charge in [0.15, 0.2) is 0 Å². The summed E-state index contributed by atoms with van der Waals surface area (Å²) in [6.07, 6.45) is 3.52. The number of hydrogen-bond acceptors (Lipinski definition) is 3. The first kappa shape index (κ1) is 15.2. The van der Waals surface area contributed by atoms with Crippen LogP contribution in [-0.4, -0.2) is 25.8 Å². The molecule has 2 unspecified atom stereocenters. The molecule has 17 heavy (non-hydrogen) atoms. The van der Waals surface area contributed by atoms with Crippen LogP contribution in [0.2, 0.25) is 0 Å². The highest BCUT2D eigenvalue weighted by Crippen LogP contribution is 2.25.